The molecule has 366 valence electrons. The Balaban J connectivity index is 4.42. The second-order valence-corrected chi connectivity index (χ2v) is 19.4. The van der Waals surface area contributed by atoms with Gasteiger partial charge in [0.15, 0.2) is 6.10 Å². The number of carbonyl (C=O) groups excluding carboxylic acids is 2. The van der Waals surface area contributed by atoms with Gasteiger partial charge in [0.05, 0.1) is 33.9 Å². The average Bonchev–Trinajstić information content (AvgIpc) is 3.23. The van der Waals surface area contributed by atoms with E-state index in [0.29, 0.717) is 30.3 Å². The van der Waals surface area contributed by atoms with Crippen LogP contribution in [-0.2, 0) is 32.7 Å². The number of hydrogen-bond acceptors (Lipinski definition) is 9. The number of carbonyl (C=O) groups is 2. The molecule has 0 aromatic heterocycles. The highest BCUT2D eigenvalue weighted by Gasteiger charge is 2.22. The number of phosphoric acid groups is 1. The monoisotopic (exact) mass is 908 g/mol. The van der Waals surface area contributed by atoms with E-state index in [-0.39, 0.29) is 26.1 Å². The molecule has 1 N–H and O–H groups in total. The number of nitrogens with zero attached hydrogens (tertiary/aromatic N) is 1. The van der Waals surface area contributed by atoms with Gasteiger partial charge in [-0.2, -0.15) is 0 Å². The third-order valence-electron chi connectivity index (χ3n) is 10.6. The highest BCUT2D eigenvalue weighted by molar-refractivity contribution is 7.45. The van der Waals surface area contributed by atoms with Crippen molar-refractivity contribution in [3.05, 3.63) is 60.8 Å². The molecule has 0 radical (unpaired) electrons. The Kier molecular flexibility index (Phi) is 41.9. The lowest BCUT2D eigenvalue weighted by atomic mass is 10.0. The van der Waals surface area contributed by atoms with Crippen LogP contribution in [0.25, 0.3) is 0 Å². The molecule has 0 rings (SSSR count). The largest absolute Gasteiger partial charge is 0.756 e. The van der Waals surface area contributed by atoms with Crippen molar-refractivity contribution in [3.63, 3.8) is 0 Å². The molecular formula is C52H94NO9P. The van der Waals surface area contributed by atoms with Crippen molar-refractivity contribution in [1.82, 2.24) is 0 Å². The first-order valence-electron chi connectivity index (χ1n) is 25.1. The number of hydrogen-bond donors (Lipinski definition) is 1. The van der Waals surface area contributed by atoms with Crippen LogP contribution in [0.15, 0.2) is 60.8 Å². The number of aliphatic hydroxyl groups is 1. The van der Waals surface area contributed by atoms with Crippen molar-refractivity contribution in [3.8, 4) is 0 Å². The first-order valence-corrected chi connectivity index (χ1v) is 26.6. The quantitative estimate of drug-likeness (QED) is 0.0158. The second kappa shape index (κ2) is 43.6. The van der Waals surface area contributed by atoms with E-state index in [1.54, 1.807) is 12.2 Å². The number of unbranched alkanes of at least 4 members (excludes halogenated alkanes) is 20. The molecule has 0 heterocycles. The van der Waals surface area contributed by atoms with Crippen LogP contribution in [0.4, 0.5) is 0 Å². The van der Waals surface area contributed by atoms with Crippen molar-refractivity contribution in [2.24, 2.45) is 0 Å². The highest BCUT2D eigenvalue weighted by atomic mass is 31.2. The predicted molar refractivity (Wildman–Crippen MR) is 260 cm³/mol. The van der Waals surface area contributed by atoms with Crippen LogP contribution in [0.1, 0.15) is 200 Å². The third-order valence-corrected chi connectivity index (χ3v) is 11.6. The molecule has 0 saturated carbocycles. The van der Waals surface area contributed by atoms with Crippen LogP contribution in [0.2, 0.25) is 0 Å². The van der Waals surface area contributed by atoms with Crippen LogP contribution in [0, 0.1) is 0 Å². The number of aliphatic hydroxyl groups excluding tert-OH is 1. The molecule has 0 aliphatic rings. The summed E-state index contributed by atoms with van der Waals surface area (Å²) in [6.07, 6.45) is 50.0. The van der Waals surface area contributed by atoms with Gasteiger partial charge in [0.1, 0.15) is 19.8 Å². The van der Waals surface area contributed by atoms with Crippen molar-refractivity contribution in [2.45, 2.75) is 212 Å². The van der Waals surface area contributed by atoms with Gasteiger partial charge in [-0.1, -0.05) is 177 Å². The fourth-order valence-corrected chi connectivity index (χ4v) is 7.36. The van der Waals surface area contributed by atoms with Crippen molar-refractivity contribution < 1.29 is 47.2 Å². The minimum absolute atomic E-state index is 0.00464. The Morgan fingerprint density at radius 1 is 0.587 bits per heavy atom. The molecule has 0 aliphatic heterocycles. The summed E-state index contributed by atoms with van der Waals surface area (Å²) in [5.41, 5.74) is 0. The summed E-state index contributed by atoms with van der Waals surface area (Å²) in [7, 11) is 1.04. The Morgan fingerprint density at radius 3 is 1.65 bits per heavy atom. The Bertz CT molecular complexity index is 1270. The van der Waals surface area contributed by atoms with E-state index in [0.717, 1.165) is 38.5 Å². The normalized spacial score (nSPS) is 14.5. The zero-order chi connectivity index (χ0) is 46.5. The van der Waals surface area contributed by atoms with Gasteiger partial charge >= 0.3 is 11.9 Å². The van der Waals surface area contributed by atoms with E-state index >= 15 is 0 Å². The SMILES string of the molecule is CCCCC/C=C\C/C=C\C/C=C\C=C\[C@H](O)CCCC(=O)O[C@H](COC(=O)CCCCCCCCCCCCC/C=C\CCCCCCCC)COP(=O)([O-])OCC[N+](C)(C)C. The van der Waals surface area contributed by atoms with Gasteiger partial charge < -0.3 is 33.0 Å². The molecule has 3 atom stereocenters. The first kappa shape index (κ1) is 60.7. The van der Waals surface area contributed by atoms with Crippen LogP contribution < -0.4 is 4.89 Å². The lowest BCUT2D eigenvalue weighted by molar-refractivity contribution is -0.870. The number of quaternary nitrogens is 1. The summed E-state index contributed by atoms with van der Waals surface area (Å²) in [5.74, 6) is -1.04. The fourth-order valence-electron chi connectivity index (χ4n) is 6.64. The average molecular weight is 908 g/mol. The second-order valence-electron chi connectivity index (χ2n) is 18.0. The molecule has 0 spiro atoms. The van der Waals surface area contributed by atoms with Crippen molar-refractivity contribution >= 4 is 19.8 Å². The molecule has 0 fully saturated rings. The van der Waals surface area contributed by atoms with Crippen LogP contribution >= 0.6 is 7.82 Å². The van der Waals surface area contributed by atoms with Crippen molar-refractivity contribution in [2.75, 3.05) is 47.5 Å². The Labute approximate surface area is 386 Å². The van der Waals surface area contributed by atoms with E-state index in [4.69, 9.17) is 18.5 Å². The smallest absolute Gasteiger partial charge is 0.306 e. The molecule has 0 bridgehead atoms. The van der Waals surface area contributed by atoms with Gasteiger partial charge in [0.2, 0.25) is 0 Å². The first-order chi connectivity index (χ1) is 30.4. The third kappa shape index (κ3) is 47.5. The summed E-state index contributed by atoms with van der Waals surface area (Å²) < 4.78 is 33.8. The van der Waals surface area contributed by atoms with E-state index in [9.17, 15) is 24.2 Å². The number of esters is 2. The van der Waals surface area contributed by atoms with Crippen molar-refractivity contribution in [1.29, 1.82) is 0 Å². The van der Waals surface area contributed by atoms with E-state index in [2.05, 4.69) is 50.3 Å². The van der Waals surface area contributed by atoms with Gasteiger partial charge in [0.25, 0.3) is 7.82 Å². The lowest BCUT2D eigenvalue weighted by Gasteiger charge is -2.28. The maximum absolute atomic E-state index is 12.7. The number of rotatable bonds is 45. The molecule has 0 saturated heterocycles. The maximum atomic E-state index is 12.7. The maximum Gasteiger partial charge on any atom is 0.306 e. The molecule has 1 unspecified atom stereocenters. The molecule has 11 heteroatoms. The predicted octanol–water partition coefficient (Wildman–Crippen LogP) is 13.1. The summed E-state index contributed by atoms with van der Waals surface area (Å²) in [6, 6.07) is 0. The zero-order valence-electron chi connectivity index (χ0n) is 40.9. The summed E-state index contributed by atoms with van der Waals surface area (Å²) in [4.78, 5) is 37.7. The van der Waals surface area contributed by atoms with E-state index in [1.165, 1.54) is 116 Å². The van der Waals surface area contributed by atoms with Gasteiger partial charge in [-0.25, -0.2) is 0 Å². The summed E-state index contributed by atoms with van der Waals surface area (Å²) in [6.45, 7) is 3.98. The molecule has 63 heavy (non-hydrogen) atoms. The molecule has 0 amide bonds. The molecule has 0 aromatic carbocycles. The fraction of sp³-hybridized carbons (Fsp3) is 0.769. The summed E-state index contributed by atoms with van der Waals surface area (Å²) >= 11 is 0. The number of ether oxygens (including phenoxy) is 2. The molecule has 0 aliphatic carbocycles. The zero-order valence-corrected chi connectivity index (χ0v) is 41.8. The van der Waals surface area contributed by atoms with Crippen LogP contribution in [-0.4, -0.2) is 81.2 Å². The van der Waals surface area contributed by atoms with Crippen LogP contribution in [0.5, 0.6) is 0 Å². The van der Waals surface area contributed by atoms with Crippen LogP contribution in [0.3, 0.4) is 0 Å². The number of allylic oxidation sites excluding steroid dienone is 9. The van der Waals surface area contributed by atoms with Gasteiger partial charge in [0, 0.05) is 12.8 Å². The highest BCUT2D eigenvalue weighted by Crippen LogP contribution is 2.38. The molecule has 10 nitrogen and oxygen atoms in total. The summed E-state index contributed by atoms with van der Waals surface area (Å²) in [5, 5.41) is 10.3. The van der Waals surface area contributed by atoms with E-state index < -0.39 is 38.6 Å². The minimum Gasteiger partial charge on any atom is -0.756 e. The number of phosphoric ester groups is 1. The van der Waals surface area contributed by atoms with E-state index in [1.807, 2.05) is 33.3 Å². The van der Waals surface area contributed by atoms with Gasteiger partial charge in [-0.3, -0.25) is 14.2 Å². The Hall–Kier alpha value is -2.33. The Morgan fingerprint density at radius 2 is 1.06 bits per heavy atom. The molecule has 0 aromatic rings. The molecular weight excluding hydrogens is 814 g/mol. The van der Waals surface area contributed by atoms with Gasteiger partial charge in [-0.15, -0.1) is 0 Å². The minimum atomic E-state index is -4.69. The number of likely N-dealkylation sites (N-methyl/N-ethyl adjacent to an activating group) is 1. The lowest BCUT2D eigenvalue weighted by Crippen LogP contribution is -2.37. The standard InChI is InChI=1S/C52H94NO9P/c1-6-8-10-12-14-16-18-20-21-22-23-24-25-26-27-29-31-33-35-37-39-43-51(55)59-47-50(48-61-63(57,58)60-46-45-53(3,4)5)62-52(56)44-40-42-49(54)41-38-36-34-32-30-28-19-17-15-13-11-9-7-2/h15,17,20-21,28,30,34,36,38,41,49-50,54H,6-14,16,18-19,22-27,29,31-33,35,37,39-40,42-48H2,1-5H3/b17-15-,21-20-,30-28-,36-34-,41-38+/t49-,50+/m0/s1. The van der Waals surface area contributed by atoms with Gasteiger partial charge in [-0.05, 0) is 70.6 Å². The topological polar surface area (TPSA) is 131 Å².